The van der Waals surface area contributed by atoms with E-state index in [-0.39, 0.29) is 17.3 Å². The van der Waals surface area contributed by atoms with Crippen LogP contribution in [0, 0.1) is 0 Å². The molecule has 1 N–H and O–H groups in total. The molecule has 0 aromatic carbocycles. The summed E-state index contributed by atoms with van der Waals surface area (Å²) in [6.45, 7) is -0.0388. The Hall–Kier alpha value is -1.08. The van der Waals surface area contributed by atoms with Gasteiger partial charge in [0.1, 0.15) is 11.4 Å². The molecule has 0 atom stereocenters. The van der Waals surface area contributed by atoms with Gasteiger partial charge in [-0.15, -0.1) is 0 Å². The summed E-state index contributed by atoms with van der Waals surface area (Å²) in [7, 11) is 2.77. The van der Waals surface area contributed by atoms with E-state index < -0.39 is 9.05 Å². The first kappa shape index (κ1) is 11.0. The Bertz CT molecular complexity index is 439. The van der Waals surface area contributed by atoms with Crippen molar-refractivity contribution in [3.63, 3.8) is 0 Å². The Kier molecular flexibility index (Phi) is 3.12. The van der Waals surface area contributed by atoms with Crippen molar-refractivity contribution >= 4 is 25.6 Å². The van der Waals surface area contributed by atoms with Crippen molar-refractivity contribution in [2.45, 2.75) is 11.4 Å². The minimum atomic E-state index is -3.77. The number of hydrogen-bond acceptors (Lipinski definition) is 4. The molecule has 78 valence electrons. The topological polar surface area (TPSA) is 81.1 Å². The fourth-order valence-electron chi connectivity index (χ4n) is 0.783. The summed E-state index contributed by atoms with van der Waals surface area (Å²) in [5, 5.41) is 6.04. The Balaban J connectivity index is 2.84. The van der Waals surface area contributed by atoms with Gasteiger partial charge in [0.25, 0.3) is 9.05 Å². The minimum absolute atomic E-state index is 0.0388. The van der Waals surface area contributed by atoms with Crippen LogP contribution in [0.25, 0.3) is 0 Å². The SMILES string of the molecule is CNC(=O)Cn1cc(S(=O)(=O)Cl)cn1. The van der Waals surface area contributed by atoms with Gasteiger partial charge in [-0.05, 0) is 0 Å². The van der Waals surface area contributed by atoms with Crippen LogP contribution < -0.4 is 5.32 Å². The van der Waals surface area contributed by atoms with Gasteiger partial charge in [0.15, 0.2) is 0 Å². The molecule has 0 fully saturated rings. The summed E-state index contributed by atoms with van der Waals surface area (Å²) in [6, 6.07) is 0. The Morgan fingerprint density at radius 1 is 1.71 bits per heavy atom. The van der Waals surface area contributed by atoms with Crippen LogP contribution in [0.15, 0.2) is 17.3 Å². The lowest BCUT2D eigenvalue weighted by molar-refractivity contribution is -0.121. The maximum absolute atomic E-state index is 10.9. The standard InChI is InChI=1S/C6H8ClN3O3S/c1-8-6(11)4-10-3-5(2-9-10)14(7,12)13/h2-3H,4H2,1H3,(H,8,11). The molecule has 1 rings (SSSR count). The molecule has 0 unspecified atom stereocenters. The van der Waals surface area contributed by atoms with Crippen molar-refractivity contribution < 1.29 is 13.2 Å². The second-order valence-electron chi connectivity index (χ2n) is 2.48. The molecule has 1 heterocycles. The maximum atomic E-state index is 10.9. The highest BCUT2D eigenvalue weighted by atomic mass is 35.7. The van der Waals surface area contributed by atoms with Gasteiger partial charge in [0, 0.05) is 23.9 Å². The molecule has 1 aromatic heterocycles. The molecule has 0 saturated heterocycles. The summed E-state index contributed by atoms with van der Waals surface area (Å²) >= 11 is 0. The highest BCUT2D eigenvalue weighted by Gasteiger charge is 2.13. The molecule has 0 aliphatic carbocycles. The average Bonchev–Trinajstić information content (AvgIpc) is 2.51. The average molecular weight is 238 g/mol. The van der Waals surface area contributed by atoms with Crippen LogP contribution in [0.5, 0.6) is 0 Å². The Morgan fingerprint density at radius 2 is 2.36 bits per heavy atom. The summed E-state index contributed by atoms with van der Waals surface area (Å²) < 4.78 is 22.8. The maximum Gasteiger partial charge on any atom is 0.264 e. The van der Waals surface area contributed by atoms with Gasteiger partial charge < -0.3 is 5.32 Å². The third-order valence-corrected chi connectivity index (χ3v) is 2.78. The van der Waals surface area contributed by atoms with Gasteiger partial charge in [0.2, 0.25) is 5.91 Å². The van der Waals surface area contributed by atoms with Gasteiger partial charge >= 0.3 is 0 Å². The van der Waals surface area contributed by atoms with Crippen molar-refractivity contribution in [2.24, 2.45) is 0 Å². The number of carbonyl (C=O) groups excluding carboxylic acids is 1. The number of carbonyl (C=O) groups is 1. The van der Waals surface area contributed by atoms with Crippen LogP contribution in [0.3, 0.4) is 0 Å². The van der Waals surface area contributed by atoms with Gasteiger partial charge in [-0.25, -0.2) is 8.42 Å². The third kappa shape index (κ3) is 2.71. The second-order valence-corrected chi connectivity index (χ2v) is 5.05. The predicted molar refractivity (Wildman–Crippen MR) is 49.3 cm³/mol. The first-order chi connectivity index (χ1) is 6.43. The quantitative estimate of drug-likeness (QED) is 0.723. The summed E-state index contributed by atoms with van der Waals surface area (Å²) in [5.74, 6) is -0.272. The van der Waals surface area contributed by atoms with E-state index in [2.05, 4.69) is 10.4 Å². The Morgan fingerprint density at radius 3 is 2.79 bits per heavy atom. The zero-order valence-electron chi connectivity index (χ0n) is 7.27. The highest BCUT2D eigenvalue weighted by molar-refractivity contribution is 8.13. The Labute approximate surface area is 85.3 Å². The number of nitrogens with zero attached hydrogens (tertiary/aromatic N) is 2. The van der Waals surface area contributed by atoms with E-state index in [0.717, 1.165) is 6.20 Å². The molecule has 6 nitrogen and oxygen atoms in total. The van der Waals surface area contributed by atoms with E-state index in [9.17, 15) is 13.2 Å². The van der Waals surface area contributed by atoms with Crippen LogP contribution in [-0.2, 0) is 20.4 Å². The predicted octanol–water partition coefficient (Wildman–Crippen LogP) is -0.443. The largest absolute Gasteiger partial charge is 0.358 e. The molecule has 0 aliphatic heterocycles. The molecule has 1 amide bonds. The zero-order valence-corrected chi connectivity index (χ0v) is 8.84. The fourth-order valence-corrected chi connectivity index (χ4v) is 1.44. The van der Waals surface area contributed by atoms with Gasteiger partial charge in [-0.3, -0.25) is 9.48 Å². The van der Waals surface area contributed by atoms with Gasteiger partial charge in [0.05, 0.1) is 6.20 Å². The van der Waals surface area contributed by atoms with Crippen molar-refractivity contribution in [3.05, 3.63) is 12.4 Å². The van der Waals surface area contributed by atoms with Crippen molar-refractivity contribution in [3.8, 4) is 0 Å². The molecule has 0 spiro atoms. The van der Waals surface area contributed by atoms with E-state index in [1.165, 1.54) is 17.9 Å². The number of hydrogen-bond donors (Lipinski definition) is 1. The monoisotopic (exact) mass is 237 g/mol. The molecular formula is C6H8ClN3O3S. The molecule has 0 saturated carbocycles. The van der Waals surface area contributed by atoms with Crippen LogP contribution in [-0.4, -0.2) is 31.2 Å². The molecule has 0 aliphatic rings. The number of nitrogens with one attached hydrogen (secondary N) is 1. The summed E-state index contributed by atoms with van der Waals surface area (Å²) in [5.41, 5.74) is 0. The number of halogens is 1. The minimum Gasteiger partial charge on any atom is -0.358 e. The van der Waals surface area contributed by atoms with Gasteiger partial charge in [-0.1, -0.05) is 0 Å². The number of likely N-dealkylation sites (N-methyl/N-ethyl adjacent to an activating group) is 1. The third-order valence-electron chi connectivity index (χ3n) is 1.48. The van der Waals surface area contributed by atoms with Gasteiger partial charge in [-0.2, -0.15) is 5.10 Å². The van der Waals surface area contributed by atoms with Crippen molar-refractivity contribution in [1.29, 1.82) is 0 Å². The molecule has 1 aromatic rings. The van der Waals surface area contributed by atoms with Crippen LogP contribution in [0.2, 0.25) is 0 Å². The zero-order chi connectivity index (χ0) is 10.8. The van der Waals surface area contributed by atoms with E-state index >= 15 is 0 Å². The lowest BCUT2D eigenvalue weighted by Gasteiger charge is -1.98. The molecule has 0 radical (unpaired) electrons. The van der Waals surface area contributed by atoms with Crippen molar-refractivity contribution in [2.75, 3.05) is 7.05 Å². The molecule has 0 bridgehead atoms. The normalized spacial score (nSPS) is 11.3. The number of amides is 1. The number of aromatic nitrogens is 2. The van der Waals surface area contributed by atoms with Crippen LogP contribution >= 0.6 is 10.7 Å². The first-order valence-corrected chi connectivity index (χ1v) is 5.92. The second kappa shape index (κ2) is 3.97. The highest BCUT2D eigenvalue weighted by Crippen LogP contribution is 2.12. The lowest BCUT2D eigenvalue weighted by Crippen LogP contribution is -2.23. The first-order valence-electron chi connectivity index (χ1n) is 3.61. The van der Waals surface area contributed by atoms with E-state index in [0.29, 0.717) is 0 Å². The molecule has 14 heavy (non-hydrogen) atoms. The summed E-state index contributed by atoms with van der Waals surface area (Å²) in [6.07, 6.45) is 2.28. The fraction of sp³-hybridized carbons (Fsp3) is 0.333. The number of rotatable bonds is 3. The smallest absolute Gasteiger partial charge is 0.264 e. The van der Waals surface area contributed by atoms with E-state index in [1.807, 2.05) is 0 Å². The summed E-state index contributed by atoms with van der Waals surface area (Å²) in [4.78, 5) is 10.8. The van der Waals surface area contributed by atoms with E-state index in [4.69, 9.17) is 10.7 Å². The molecular weight excluding hydrogens is 230 g/mol. The van der Waals surface area contributed by atoms with Crippen LogP contribution in [0.1, 0.15) is 0 Å². The van der Waals surface area contributed by atoms with Crippen molar-refractivity contribution in [1.82, 2.24) is 15.1 Å². The molecule has 8 heteroatoms. The van der Waals surface area contributed by atoms with E-state index in [1.54, 1.807) is 0 Å². The lowest BCUT2D eigenvalue weighted by atomic mass is 10.6. The van der Waals surface area contributed by atoms with Crippen LogP contribution in [0.4, 0.5) is 0 Å².